The first-order chi connectivity index (χ1) is 11.0. The molecule has 2 aromatic rings. The van der Waals surface area contributed by atoms with Crippen molar-refractivity contribution in [3.8, 4) is 0 Å². The molecule has 1 aliphatic rings. The number of carbonyl (C=O) groups excluding carboxylic acids is 1. The predicted octanol–water partition coefficient (Wildman–Crippen LogP) is 4.01. The highest BCUT2D eigenvalue weighted by molar-refractivity contribution is 5.97. The van der Waals surface area contributed by atoms with Crippen molar-refractivity contribution in [2.24, 2.45) is 5.92 Å². The fourth-order valence-electron chi connectivity index (χ4n) is 3.39. The second-order valence-electron chi connectivity index (χ2n) is 6.92. The lowest BCUT2D eigenvalue weighted by Crippen LogP contribution is -2.43. The fraction of sp³-hybridized carbons (Fsp3) is 0.526. The van der Waals surface area contributed by atoms with Crippen LogP contribution in [0.15, 0.2) is 28.7 Å². The summed E-state index contributed by atoms with van der Waals surface area (Å²) in [6.45, 7) is 9.41. The summed E-state index contributed by atoms with van der Waals surface area (Å²) in [5.74, 6) is 1.43. The zero-order chi connectivity index (χ0) is 16.4. The normalized spacial score (nSPS) is 18.6. The third-order valence-corrected chi connectivity index (χ3v) is 4.73. The molecule has 1 atom stereocenters. The molecule has 1 fully saturated rings. The maximum absolute atomic E-state index is 12.4. The third kappa shape index (κ3) is 4.31. The van der Waals surface area contributed by atoms with Crippen LogP contribution in [0.5, 0.6) is 0 Å². The number of likely N-dealkylation sites (tertiary alicyclic amines) is 1. The van der Waals surface area contributed by atoms with Gasteiger partial charge in [0.15, 0.2) is 0 Å². The minimum Gasteiger partial charge on any atom is -0.461 e. The maximum Gasteiger partial charge on any atom is 0.251 e. The van der Waals surface area contributed by atoms with E-state index in [1.807, 2.05) is 31.2 Å². The number of benzene rings is 1. The van der Waals surface area contributed by atoms with E-state index in [2.05, 4.69) is 24.1 Å². The molecule has 1 amide bonds. The Hall–Kier alpha value is -1.52. The Labute approximate surface area is 150 Å². The van der Waals surface area contributed by atoms with Crippen LogP contribution in [0, 0.1) is 12.8 Å². The Morgan fingerprint density at radius 3 is 2.92 bits per heavy atom. The summed E-state index contributed by atoms with van der Waals surface area (Å²) in [5, 5.41) is 4.09. The predicted molar refractivity (Wildman–Crippen MR) is 100.0 cm³/mol. The zero-order valence-electron chi connectivity index (χ0n) is 14.7. The third-order valence-electron chi connectivity index (χ3n) is 4.73. The number of hydrogen-bond acceptors (Lipinski definition) is 3. The zero-order valence-corrected chi connectivity index (χ0v) is 15.5. The Bertz CT molecular complexity index is 696. The van der Waals surface area contributed by atoms with Crippen LogP contribution in [0.1, 0.15) is 42.8 Å². The van der Waals surface area contributed by atoms with E-state index in [9.17, 15) is 4.79 Å². The van der Waals surface area contributed by atoms with Crippen LogP contribution in [0.3, 0.4) is 0 Å². The lowest BCUT2D eigenvalue weighted by Gasteiger charge is -2.35. The highest BCUT2D eigenvalue weighted by Gasteiger charge is 2.22. The molecule has 0 aliphatic carbocycles. The summed E-state index contributed by atoms with van der Waals surface area (Å²) < 4.78 is 5.55. The molecule has 1 aromatic carbocycles. The van der Waals surface area contributed by atoms with E-state index in [0.29, 0.717) is 17.5 Å². The van der Waals surface area contributed by atoms with Crippen LogP contribution >= 0.6 is 12.4 Å². The van der Waals surface area contributed by atoms with Crippen LogP contribution in [-0.2, 0) is 0 Å². The molecule has 0 bridgehead atoms. The Balaban J connectivity index is 0.00000208. The first kappa shape index (κ1) is 18.8. The number of nitrogens with one attached hydrogen (secondary N) is 1. The van der Waals surface area contributed by atoms with Gasteiger partial charge in [0.1, 0.15) is 11.3 Å². The van der Waals surface area contributed by atoms with Crippen molar-refractivity contribution in [2.45, 2.75) is 39.7 Å². The molecule has 1 aromatic heterocycles. The molecule has 1 N–H and O–H groups in total. The number of nitrogens with zero attached hydrogens (tertiary/aromatic N) is 1. The van der Waals surface area contributed by atoms with Crippen molar-refractivity contribution in [1.82, 2.24) is 10.2 Å². The van der Waals surface area contributed by atoms with E-state index in [0.717, 1.165) is 29.8 Å². The monoisotopic (exact) mass is 350 g/mol. The van der Waals surface area contributed by atoms with Crippen LogP contribution in [0.2, 0.25) is 0 Å². The number of carbonyl (C=O) groups is 1. The van der Waals surface area contributed by atoms with Gasteiger partial charge in [-0.3, -0.25) is 4.79 Å². The van der Waals surface area contributed by atoms with Crippen LogP contribution in [-0.4, -0.2) is 36.5 Å². The molecule has 1 aliphatic heterocycles. The summed E-state index contributed by atoms with van der Waals surface area (Å²) in [5.41, 5.74) is 1.54. The van der Waals surface area contributed by atoms with Crippen molar-refractivity contribution in [3.63, 3.8) is 0 Å². The molecule has 1 unspecified atom stereocenters. The van der Waals surface area contributed by atoms with E-state index in [1.54, 1.807) is 0 Å². The number of furan rings is 1. The Morgan fingerprint density at radius 2 is 2.17 bits per heavy atom. The summed E-state index contributed by atoms with van der Waals surface area (Å²) in [6.07, 6.45) is 2.42. The summed E-state index contributed by atoms with van der Waals surface area (Å²) in [7, 11) is 0. The van der Waals surface area contributed by atoms with Gasteiger partial charge in [0.2, 0.25) is 0 Å². The van der Waals surface area contributed by atoms with Gasteiger partial charge in [-0.25, -0.2) is 0 Å². The lowest BCUT2D eigenvalue weighted by molar-refractivity contribution is 0.0923. The van der Waals surface area contributed by atoms with Crippen molar-refractivity contribution in [2.75, 3.05) is 19.6 Å². The highest BCUT2D eigenvalue weighted by atomic mass is 35.5. The lowest BCUT2D eigenvalue weighted by atomic mass is 9.97. The highest BCUT2D eigenvalue weighted by Crippen LogP contribution is 2.21. The topological polar surface area (TPSA) is 45.5 Å². The molecule has 5 heteroatoms. The molecular formula is C19H27ClN2O2. The second-order valence-corrected chi connectivity index (χ2v) is 6.92. The number of amides is 1. The van der Waals surface area contributed by atoms with E-state index >= 15 is 0 Å². The average molecular weight is 351 g/mol. The summed E-state index contributed by atoms with van der Waals surface area (Å²) in [6, 6.07) is 8.16. The van der Waals surface area contributed by atoms with Crippen molar-refractivity contribution >= 4 is 29.3 Å². The molecule has 3 rings (SSSR count). The molecule has 0 saturated carbocycles. The molecule has 24 heavy (non-hydrogen) atoms. The van der Waals surface area contributed by atoms with Crippen molar-refractivity contribution in [1.29, 1.82) is 0 Å². The van der Waals surface area contributed by atoms with Gasteiger partial charge >= 0.3 is 0 Å². The standard InChI is InChI=1S/C19H26N2O2.ClH/c1-13(2)21-8-4-5-15(12-21)11-20-19(22)16-6-7-18-17(10-16)9-14(3)23-18;/h6-7,9-10,13,15H,4-5,8,11-12H2,1-3H3,(H,20,22);1H. The van der Waals surface area contributed by atoms with Gasteiger partial charge in [0, 0.05) is 30.1 Å². The summed E-state index contributed by atoms with van der Waals surface area (Å²) in [4.78, 5) is 14.9. The van der Waals surface area contributed by atoms with Crippen LogP contribution in [0.25, 0.3) is 11.0 Å². The number of piperidine rings is 1. The Morgan fingerprint density at radius 1 is 1.38 bits per heavy atom. The van der Waals surface area contributed by atoms with Crippen LogP contribution < -0.4 is 5.32 Å². The maximum atomic E-state index is 12.4. The molecular weight excluding hydrogens is 324 g/mol. The first-order valence-corrected chi connectivity index (χ1v) is 8.55. The quantitative estimate of drug-likeness (QED) is 0.906. The van der Waals surface area contributed by atoms with E-state index in [4.69, 9.17) is 4.42 Å². The van der Waals surface area contributed by atoms with Gasteiger partial charge in [0.25, 0.3) is 5.91 Å². The van der Waals surface area contributed by atoms with E-state index < -0.39 is 0 Å². The van der Waals surface area contributed by atoms with E-state index in [1.165, 1.54) is 19.4 Å². The van der Waals surface area contributed by atoms with Crippen molar-refractivity contribution in [3.05, 3.63) is 35.6 Å². The molecule has 1 saturated heterocycles. The first-order valence-electron chi connectivity index (χ1n) is 8.55. The largest absolute Gasteiger partial charge is 0.461 e. The average Bonchev–Trinajstić information content (AvgIpc) is 2.91. The van der Waals surface area contributed by atoms with Gasteiger partial charge in [-0.15, -0.1) is 12.4 Å². The number of aryl methyl sites for hydroxylation is 1. The van der Waals surface area contributed by atoms with Gasteiger partial charge < -0.3 is 14.6 Å². The number of halogens is 1. The number of rotatable bonds is 4. The van der Waals surface area contributed by atoms with Crippen LogP contribution in [0.4, 0.5) is 0 Å². The minimum absolute atomic E-state index is 0. The molecule has 4 nitrogen and oxygen atoms in total. The number of hydrogen-bond donors (Lipinski definition) is 1. The fourth-order valence-corrected chi connectivity index (χ4v) is 3.39. The molecule has 2 heterocycles. The van der Waals surface area contributed by atoms with E-state index in [-0.39, 0.29) is 18.3 Å². The van der Waals surface area contributed by atoms with Gasteiger partial charge in [-0.05, 0) is 70.3 Å². The minimum atomic E-state index is 0. The smallest absolute Gasteiger partial charge is 0.251 e. The molecule has 0 spiro atoms. The summed E-state index contributed by atoms with van der Waals surface area (Å²) >= 11 is 0. The SMILES string of the molecule is Cc1cc2cc(C(=O)NCC3CCCN(C(C)C)C3)ccc2o1.Cl. The van der Waals surface area contributed by atoms with Gasteiger partial charge in [0.05, 0.1) is 0 Å². The Kier molecular flexibility index (Phi) is 6.30. The molecule has 0 radical (unpaired) electrons. The second kappa shape index (κ2) is 8.04. The number of fused-ring (bicyclic) bond motifs is 1. The van der Waals surface area contributed by atoms with Gasteiger partial charge in [-0.1, -0.05) is 0 Å². The van der Waals surface area contributed by atoms with Crippen molar-refractivity contribution < 1.29 is 9.21 Å². The molecule has 132 valence electrons. The van der Waals surface area contributed by atoms with Gasteiger partial charge in [-0.2, -0.15) is 0 Å².